The van der Waals surface area contributed by atoms with Crippen LogP contribution < -0.4 is 5.32 Å². The second kappa shape index (κ2) is 6.27. The predicted molar refractivity (Wildman–Crippen MR) is 61.1 cm³/mol. The van der Waals surface area contributed by atoms with Crippen LogP contribution in [0.15, 0.2) is 12.3 Å². The van der Waals surface area contributed by atoms with Gasteiger partial charge in [0.05, 0.1) is 13.2 Å². The molecule has 0 radical (unpaired) electrons. The van der Waals surface area contributed by atoms with Crippen molar-refractivity contribution < 1.29 is 9.53 Å². The van der Waals surface area contributed by atoms with Crippen LogP contribution in [0.5, 0.6) is 0 Å². The largest absolute Gasteiger partial charge is 0.465 e. The molecule has 0 fully saturated rings. The number of aromatic nitrogens is 2. The van der Waals surface area contributed by atoms with Crippen LogP contribution in [0.25, 0.3) is 0 Å². The monoisotopic (exact) mass is 225 g/mol. The molecule has 0 amide bonds. The number of nitrogens with one attached hydrogen (secondary N) is 1. The summed E-state index contributed by atoms with van der Waals surface area (Å²) in [4.78, 5) is 11.6. The Balaban J connectivity index is 2.64. The average molecular weight is 225 g/mol. The third-order valence-electron chi connectivity index (χ3n) is 2.31. The molecular weight excluding hydrogens is 206 g/mol. The van der Waals surface area contributed by atoms with Crippen molar-refractivity contribution in [2.45, 2.75) is 33.4 Å². The standard InChI is InChI=1S/C11H19N3O2/c1-4-12-10(11(15)16-5-2)8-14-9(3)6-7-13-14/h6-7,10,12H,4-5,8H2,1-3H3. The smallest absolute Gasteiger partial charge is 0.325 e. The van der Waals surface area contributed by atoms with E-state index in [2.05, 4.69) is 10.4 Å². The minimum absolute atomic E-state index is 0.223. The lowest BCUT2D eigenvalue weighted by Crippen LogP contribution is -2.41. The van der Waals surface area contributed by atoms with E-state index in [0.29, 0.717) is 13.2 Å². The minimum atomic E-state index is -0.330. The second-order valence-corrected chi connectivity index (χ2v) is 3.52. The molecule has 0 saturated heterocycles. The van der Waals surface area contributed by atoms with E-state index in [1.807, 2.05) is 19.9 Å². The molecule has 16 heavy (non-hydrogen) atoms. The quantitative estimate of drug-likeness (QED) is 0.725. The number of likely N-dealkylation sites (N-methyl/N-ethyl adjacent to an activating group) is 1. The molecule has 1 N–H and O–H groups in total. The fourth-order valence-corrected chi connectivity index (χ4v) is 1.47. The van der Waals surface area contributed by atoms with Crippen molar-refractivity contribution in [2.75, 3.05) is 13.2 Å². The highest BCUT2D eigenvalue weighted by Gasteiger charge is 2.19. The summed E-state index contributed by atoms with van der Waals surface area (Å²) in [5.74, 6) is -0.223. The van der Waals surface area contributed by atoms with E-state index in [1.165, 1.54) is 0 Å². The van der Waals surface area contributed by atoms with Crippen molar-refractivity contribution in [3.05, 3.63) is 18.0 Å². The van der Waals surface area contributed by atoms with Crippen LogP contribution in [-0.4, -0.2) is 34.9 Å². The first kappa shape index (κ1) is 12.7. The number of carbonyl (C=O) groups is 1. The van der Waals surface area contributed by atoms with E-state index in [4.69, 9.17) is 4.74 Å². The van der Waals surface area contributed by atoms with Gasteiger partial charge in [-0.3, -0.25) is 9.48 Å². The van der Waals surface area contributed by atoms with Crippen LogP contribution in [0.1, 0.15) is 19.5 Å². The van der Waals surface area contributed by atoms with Crippen molar-refractivity contribution in [1.29, 1.82) is 0 Å². The Morgan fingerprint density at radius 3 is 2.88 bits per heavy atom. The highest BCUT2D eigenvalue weighted by molar-refractivity contribution is 5.75. The van der Waals surface area contributed by atoms with Gasteiger partial charge in [-0.2, -0.15) is 5.10 Å². The lowest BCUT2D eigenvalue weighted by atomic mass is 10.3. The van der Waals surface area contributed by atoms with Gasteiger partial charge in [-0.05, 0) is 26.5 Å². The molecule has 1 unspecified atom stereocenters. The number of hydrogen-bond acceptors (Lipinski definition) is 4. The van der Waals surface area contributed by atoms with Crippen molar-refractivity contribution in [1.82, 2.24) is 15.1 Å². The molecule has 0 aliphatic heterocycles. The van der Waals surface area contributed by atoms with Crippen molar-refractivity contribution in [3.63, 3.8) is 0 Å². The zero-order valence-corrected chi connectivity index (χ0v) is 10.1. The third kappa shape index (κ3) is 3.34. The van der Waals surface area contributed by atoms with Gasteiger partial charge in [0.2, 0.25) is 0 Å². The summed E-state index contributed by atoms with van der Waals surface area (Å²) in [6.45, 7) is 7.36. The maximum absolute atomic E-state index is 11.6. The molecule has 0 spiro atoms. The molecule has 5 nitrogen and oxygen atoms in total. The fraction of sp³-hybridized carbons (Fsp3) is 0.636. The summed E-state index contributed by atoms with van der Waals surface area (Å²) in [5, 5.41) is 7.25. The number of carbonyl (C=O) groups excluding carboxylic acids is 1. The lowest BCUT2D eigenvalue weighted by molar-refractivity contribution is -0.146. The topological polar surface area (TPSA) is 56.2 Å². The zero-order chi connectivity index (χ0) is 12.0. The molecule has 0 saturated carbocycles. The average Bonchev–Trinajstić information content (AvgIpc) is 2.64. The Bertz CT molecular complexity index is 336. The minimum Gasteiger partial charge on any atom is -0.465 e. The van der Waals surface area contributed by atoms with Crippen molar-refractivity contribution in [3.8, 4) is 0 Å². The first-order chi connectivity index (χ1) is 7.69. The zero-order valence-electron chi connectivity index (χ0n) is 10.1. The number of aryl methyl sites for hydroxylation is 1. The summed E-state index contributed by atoms with van der Waals surface area (Å²) >= 11 is 0. The van der Waals surface area contributed by atoms with Crippen molar-refractivity contribution in [2.24, 2.45) is 0 Å². The van der Waals surface area contributed by atoms with Gasteiger partial charge in [0, 0.05) is 11.9 Å². The molecule has 1 rings (SSSR count). The van der Waals surface area contributed by atoms with Gasteiger partial charge < -0.3 is 10.1 Å². The van der Waals surface area contributed by atoms with Gasteiger partial charge in [-0.15, -0.1) is 0 Å². The van der Waals surface area contributed by atoms with Crippen LogP contribution >= 0.6 is 0 Å². The van der Waals surface area contributed by atoms with Crippen LogP contribution in [0.4, 0.5) is 0 Å². The van der Waals surface area contributed by atoms with Gasteiger partial charge in [-0.25, -0.2) is 0 Å². The molecule has 0 aliphatic rings. The molecule has 0 aliphatic carbocycles. The van der Waals surface area contributed by atoms with Crippen molar-refractivity contribution >= 4 is 5.97 Å². The second-order valence-electron chi connectivity index (χ2n) is 3.52. The van der Waals surface area contributed by atoms with E-state index in [1.54, 1.807) is 17.8 Å². The maximum Gasteiger partial charge on any atom is 0.325 e. The van der Waals surface area contributed by atoms with Gasteiger partial charge in [0.25, 0.3) is 0 Å². The lowest BCUT2D eigenvalue weighted by Gasteiger charge is -2.17. The summed E-state index contributed by atoms with van der Waals surface area (Å²) in [6, 6.07) is 1.58. The number of nitrogens with zero attached hydrogens (tertiary/aromatic N) is 2. The van der Waals surface area contributed by atoms with Gasteiger partial charge in [-0.1, -0.05) is 6.92 Å². The highest BCUT2D eigenvalue weighted by atomic mass is 16.5. The fourth-order valence-electron chi connectivity index (χ4n) is 1.47. The molecule has 1 heterocycles. The third-order valence-corrected chi connectivity index (χ3v) is 2.31. The van der Waals surface area contributed by atoms with Crippen LogP contribution in [0.3, 0.4) is 0 Å². The van der Waals surface area contributed by atoms with Crippen LogP contribution in [0.2, 0.25) is 0 Å². The Morgan fingerprint density at radius 2 is 2.38 bits per heavy atom. The Morgan fingerprint density at radius 1 is 1.62 bits per heavy atom. The van der Waals surface area contributed by atoms with Crippen LogP contribution in [-0.2, 0) is 16.1 Å². The van der Waals surface area contributed by atoms with E-state index in [-0.39, 0.29) is 12.0 Å². The van der Waals surface area contributed by atoms with Gasteiger partial charge >= 0.3 is 5.97 Å². The normalized spacial score (nSPS) is 12.4. The first-order valence-corrected chi connectivity index (χ1v) is 5.57. The van der Waals surface area contributed by atoms with E-state index in [9.17, 15) is 4.79 Å². The summed E-state index contributed by atoms with van der Waals surface area (Å²) in [6.07, 6.45) is 1.73. The predicted octanol–water partition coefficient (Wildman–Crippen LogP) is 0.733. The SMILES string of the molecule is CCNC(Cn1nccc1C)C(=O)OCC. The number of rotatable bonds is 6. The van der Waals surface area contributed by atoms with E-state index >= 15 is 0 Å². The first-order valence-electron chi connectivity index (χ1n) is 5.57. The van der Waals surface area contributed by atoms with E-state index in [0.717, 1.165) is 12.2 Å². The van der Waals surface area contributed by atoms with E-state index < -0.39 is 0 Å². The Labute approximate surface area is 95.8 Å². The number of esters is 1. The molecular formula is C11H19N3O2. The maximum atomic E-state index is 11.6. The molecule has 0 bridgehead atoms. The molecule has 1 atom stereocenters. The number of ether oxygens (including phenoxy) is 1. The number of hydrogen-bond donors (Lipinski definition) is 1. The summed E-state index contributed by atoms with van der Waals surface area (Å²) in [7, 11) is 0. The molecule has 90 valence electrons. The summed E-state index contributed by atoms with van der Waals surface area (Å²) < 4.78 is 6.80. The van der Waals surface area contributed by atoms with Gasteiger partial charge in [0.15, 0.2) is 0 Å². The Hall–Kier alpha value is -1.36. The Kier molecular flexibility index (Phi) is 4.98. The molecule has 5 heteroatoms. The molecule has 1 aromatic heterocycles. The highest BCUT2D eigenvalue weighted by Crippen LogP contribution is 2.00. The van der Waals surface area contributed by atoms with Crippen LogP contribution in [0, 0.1) is 6.92 Å². The molecule has 1 aromatic rings. The summed E-state index contributed by atoms with van der Waals surface area (Å²) in [5.41, 5.74) is 1.03. The molecule has 0 aromatic carbocycles. The van der Waals surface area contributed by atoms with Gasteiger partial charge in [0.1, 0.15) is 6.04 Å².